The van der Waals surface area contributed by atoms with Gasteiger partial charge in [-0.2, -0.15) is 11.3 Å². The standard InChI is InChI=1S/C21H14FN2S.C17H22NSi.Ir/c1-2-24-17-9-5-4-8-16(17)23-21(24)14-11-12-15(22)19-13-7-3-6-10-18(13)25-20(14)19;1-13(2)15-11-16(14-9-7-6-8-10-14)18-12-17(15)19(3,4)5;/h3-10,12H,2H2,1H3;6-9,11-13H,1-5H3;/q2*-1;/i;13D;. The maximum absolute atomic E-state index is 14.6. The molecule has 0 atom stereocenters. The van der Waals surface area contributed by atoms with Crippen molar-refractivity contribution in [3.63, 3.8) is 0 Å². The Balaban J connectivity index is 0.000000182. The number of imidazole rings is 1. The first-order valence-electron chi connectivity index (χ1n) is 15.4. The third-order valence-electron chi connectivity index (χ3n) is 7.83. The summed E-state index contributed by atoms with van der Waals surface area (Å²) in [6.45, 7) is 13.7. The molecule has 0 fully saturated rings. The minimum Gasteiger partial charge on any atom is -0.364 e. The van der Waals surface area contributed by atoms with Crippen molar-refractivity contribution in [2.45, 2.75) is 52.9 Å². The van der Waals surface area contributed by atoms with E-state index in [1.54, 1.807) is 11.3 Å². The second kappa shape index (κ2) is 13.5. The van der Waals surface area contributed by atoms with Crippen molar-refractivity contribution in [2.24, 2.45) is 0 Å². The van der Waals surface area contributed by atoms with Gasteiger partial charge in [-0.15, -0.1) is 48.0 Å². The van der Waals surface area contributed by atoms with Gasteiger partial charge >= 0.3 is 0 Å². The van der Waals surface area contributed by atoms with Gasteiger partial charge in [-0.1, -0.05) is 81.0 Å². The van der Waals surface area contributed by atoms with Gasteiger partial charge in [0.25, 0.3) is 0 Å². The topological polar surface area (TPSA) is 30.7 Å². The number of aromatic nitrogens is 3. The van der Waals surface area contributed by atoms with Crippen molar-refractivity contribution in [2.75, 3.05) is 0 Å². The molecule has 0 bridgehead atoms. The van der Waals surface area contributed by atoms with E-state index >= 15 is 0 Å². The molecule has 0 N–H and O–H groups in total. The number of halogens is 1. The summed E-state index contributed by atoms with van der Waals surface area (Å²) in [5.74, 6) is 0.0119. The monoisotopic (exact) mass is 807 g/mol. The second-order valence-corrected chi connectivity index (χ2v) is 18.2. The maximum atomic E-state index is 14.6. The molecule has 0 aliphatic carbocycles. The number of hydrogen-bond acceptors (Lipinski definition) is 3. The Kier molecular flexibility index (Phi) is 9.43. The Hall–Kier alpha value is -3.48. The zero-order chi connectivity index (χ0) is 31.9. The summed E-state index contributed by atoms with van der Waals surface area (Å²) in [6.07, 6.45) is 1.98. The van der Waals surface area contributed by atoms with E-state index in [0.29, 0.717) is 5.39 Å². The van der Waals surface area contributed by atoms with Crippen LogP contribution in [0.3, 0.4) is 0 Å². The van der Waals surface area contributed by atoms with Crippen molar-refractivity contribution < 1.29 is 25.9 Å². The molecule has 0 aliphatic heterocycles. The number of para-hydroxylation sites is 2. The molecule has 1 radical (unpaired) electrons. The van der Waals surface area contributed by atoms with Crippen LogP contribution < -0.4 is 5.19 Å². The number of hydrogen-bond donors (Lipinski definition) is 0. The minimum absolute atomic E-state index is 0. The van der Waals surface area contributed by atoms with E-state index in [1.165, 1.54) is 11.3 Å². The van der Waals surface area contributed by atoms with Crippen LogP contribution in [-0.2, 0) is 26.7 Å². The molecule has 3 heterocycles. The van der Waals surface area contributed by atoms with Crippen LogP contribution in [0.5, 0.6) is 0 Å². The van der Waals surface area contributed by atoms with Gasteiger partial charge in [0.15, 0.2) is 0 Å². The van der Waals surface area contributed by atoms with Crippen molar-refractivity contribution in [1.82, 2.24) is 14.5 Å². The fourth-order valence-corrected chi connectivity index (χ4v) is 8.44. The van der Waals surface area contributed by atoms with Crippen LogP contribution in [0, 0.1) is 17.9 Å². The Morgan fingerprint density at radius 2 is 1.73 bits per heavy atom. The molecule has 0 amide bonds. The van der Waals surface area contributed by atoms with Gasteiger partial charge in [0.2, 0.25) is 0 Å². The van der Waals surface area contributed by atoms with Crippen LogP contribution in [0.1, 0.15) is 33.6 Å². The SMILES string of the molecule is CCn1c(-c2[c-]cc(F)c3c2sc2ccccc23)nc2ccccc21.[2H]C(C)(C)c1cc(-c2[c-]cccc2)ncc1[Si](C)(C)C.[Ir]. The minimum atomic E-state index is -1.50. The molecule has 45 heavy (non-hydrogen) atoms. The molecule has 4 aromatic carbocycles. The summed E-state index contributed by atoms with van der Waals surface area (Å²) in [5, 5.41) is 2.90. The van der Waals surface area contributed by atoms with Crippen molar-refractivity contribution >= 4 is 55.8 Å². The number of aryl methyl sites for hydroxylation is 1. The first-order chi connectivity index (χ1) is 21.5. The van der Waals surface area contributed by atoms with Crippen LogP contribution >= 0.6 is 11.3 Å². The fraction of sp³-hybridized carbons (Fsp3) is 0.211. The quantitative estimate of drug-likeness (QED) is 0.128. The molecule has 0 unspecified atom stereocenters. The number of nitrogens with zero attached hydrogens (tertiary/aromatic N) is 3. The largest absolute Gasteiger partial charge is 0.364 e. The summed E-state index contributed by atoms with van der Waals surface area (Å²) < 4.78 is 27.2. The summed E-state index contributed by atoms with van der Waals surface area (Å²) in [4.78, 5) is 9.43. The van der Waals surface area contributed by atoms with Crippen LogP contribution in [0.25, 0.3) is 53.9 Å². The zero-order valence-corrected chi connectivity index (χ0v) is 30.5. The second-order valence-electron chi connectivity index (χ2n) is 12.1. The van der Waals surface area contributed by atoms with Gasteiger partial charge in [0, 0.05) is 44.7 Å². The number of fused-ring (bicyclic) bond motifs is 4. The van der Waals surface area contributed by atoms with Crippen LogP contribution in [-0.4, -0.2) is 22.6 Å². The molecule has 7 heteroatoms. The Labute approximate surface area is 285 Å². The molecule has 0 saturated carbocycles. The molecular formula is C38H36FIrN3SSi-2. The van der Waals surface area contributed by atoms with E-state index in [1.807, 2.05) is 86.8 Å². The van der Waals surface area contributed by atoms with Gasteiger partial charge < -0.3 is 9.55 Å². The van der Waals surface area contributed by atoms with Crippen molar-refractivity contribution in [3.8, 4) is 22.6 Å². The normalized spacial score (nSPS) is 12.1. The fourth-order valence-electron chi connectivity index (χ4n) is 5.65. The van der Waals surface area contributed by atoms with Crippen molar-refractivity contribution in [1.29, 1.82) is 0 Å². The predicted octanol–water partition coefficient (Wildman–Crippen LogP) is 10.2. The summed E-state index contributed by atoms with van der Waals surface area (Å²) in [5.41, 5.74) is 5.90. The smallest absolute Gasteiger partial charge is 0.0799 e. The van der Waals surface area contributed by atoms with E-state index < -0.39 is 14.0 Å². The van der Waals surface area contributed by atoms with E-state index in [2.05, 4.69) is 60.4 Å². The van der Waals surface area contributed by atoms with Gasteiger partial charge in [-0.25, -0.2) is 0 Å². The zero-order valence-electron chi connectivity index (χ0n) is 27.3. The van der Waals surface area contributed by atoms with Crippen LogP contribution in [0.2, 0.25) is 19.6 Å². The van der Waals surface area contributed by atoms with Gasteiger partial charge in [0.1, 0.15) is 0 Å². The number of thiophene rings is 1. The summed E-state index contributed by atoms with van der Waals surface area (Å²) in [6, 6.07) is 33.8. The summed E-state index contributed by atoms with van der Waals surface area (Å²) in [7, 11) is -1.50. The van der Waals surface area contributed by atoms with Gasteiger partial charge in [-0.3, -0.25) is 9.37 Å². The number of pyridine rings is 1. The third-order valence-corrected chi connectivity index (χ3v) is 11.0. The molecule has 0 aliphatic rings. The Bertz CT molecular complexity index is 2150. The van der Waals surface area contributed by atoms with Crippen molar-refractivity contribution in [3.05, 3.63) is 115 Å². The maximum Gasteiger partial charge on any atom is 0.0799 e. The number of rotatable bonds is 5. The molecule has 7 rings (SSSR count). The average molecular weight is 807 g/mol. The van der Waals surface area contributed by atoms with E-state index in [9.17, 15) is 4.39 Å². The van der Waals surface area contributed by atoms with E-state index in [0.717, 1.165) is 60.6 Å². The molecule has 0 saturated heterocycles. The molecule has 0 spiro atoms. The Morgan fingerprint density at radius 1 is 1.00 bits per heavy atom. The first kappa shape index (κ1) is 31.5. The summed E-state index contributed by atoms with van der Waals surface area (Å²) >= 11 is 1.60. The Morgan fingerprint density at radius 3 is 2.44 bits per heavy atom. The molecule has 3 aromatic heterocycles. The van der Waals surface area contributed by atoms with Crippen LogP contribution in [0.15, 0.2) is 91.1 Å². The first-order valence-corrected chi connectivity index (χ1v) is 19.2. The third kappa shape index (κ3) is 6.45. The average Bonchev–Trinajstić information content (AvgIpc) is 3.60. The van der Waals surface area contributed by atoms with E-state index in [4.69, 9.17) is 6.35 Å². The van der Waals surface area contributed by atoms with Gasteiger partial charge in [0.05, 0.1) is 24.9 Å². The molecule has 3 nitrogen and oxygen atoms in total. The molecule has 231 valence electrons. The molecular weight excluding hydrogens is 770 g/mol. The van der Waals surface area contributed by atoms with Gasteiger partial charge in [-0.05, 0) is 57.4 Å². The van der Waals surface area contributed by atoms with Crippen LogP contribution in [0.4, 0.5) is 4.39 Å². The number of benzene rings is 4. The predicted molar refractivity (Wildman–Crippen MR) is 188 cm³/mol. The van der Waals surface area contributed by atoms with E-state index in [-0.39, 0.29) is 25.9 Å². The molecule has 7 aromatic rings.